The second-order valence-corrected chi connectivity index (χ2v) is 13.5. The number of fused-ring (bicyclic) bond motifs is 7. The fourth-order valence-corrected chi connectivity index (χ4v) is 5.98. The Morgan fingerprint density at radius 1 is 0.375 bits per heavy atom. The normalized spacial score (nSPS) is 21.3. The first-order valence-corrected chi connectivity index (χ1v) is 14.3. The molecule has 7 rings (SSSR count). The van der Waals surface area contributed by atoms with Crippen molar-refractivity contribution in [3.8, 4) is 0 Å². The van der Waals surface area contributed by atoms with Crippen molar-refractivity contribution in [1.29, 1.82) is 0 Å². The molecular weight excluding hydrogens is 494 g/mol. The average Bonchev–Trinajstić information content (AvgIpc) is 3.26. The van der Waals surface area contributed by atoms with E-state index >= 15 is 0 Å². The van der Waals surface area contributed by atoms with Crippen LogP contribution in [0, 0.1) is 0 Å². The lowest BCUT2D eigenvalue weighted by Gasteiger charge is -2.32. The van der Waals surface area contributed by atoms with E-state index < -0.39 is 0 Å². The lowest BCUT2D eigenvalue weighted by molar-refractivity contribution is 0.00578. The highest BCUT2D eigenvalue weighted by atomic mass is 16.7. The predicted molar refractivity (Wildman–Crippen MR) is 168 cm³/mol. The fraction of sp³-hybridized carbons (Fsp3) is 0.353. The first-order chi connectivity index (χ1) is 18.8. The Balaban J connectivity index is 1.32. The first kappa shape index (κ1) is 26.0. The molecule has 5 aromatic rings. The van der Waals surface area contributed by atoms with E-state index in [4.69, 9.17) is 18.6 Å². The van der Waals surface area contributed by atoms with E-state index in [2.05, 4.69) is 128 Å². The molecule has 0 aliphatic carbocycles. The van der Waals surface area contributed by atoms with Crippen molar-refractivity contribution < 1.29 is 18.6 Å². The number of benzene rings is 5. The van der Waals surface area contributed by atoms with Crippen molar-refractivity contribution in [2.24, 2.45) is 0 Å². The molecule has 0 aromatic heterocycles. The van der Waals surface area contributed by atoms with Crippen LogP contribution in [0.15, 0.2) is 72.8 Å². The van der Waals surface area contributed by atoms with Crippen molar-refractivity contribution in [3.05, 3.63) is 72.8 Å². The summed E-state index contributed by atoms with van der Waals surface area (Å²) in [5.74, 6) is 0. The molecule has 202 valence electrons. The molecule has 0 spiro atoms. The molecule has 5 aromatic carbocycles. The van der Waals surface area contributed by atoms with E-state index in [-0.39, 0.29) is 36.6 Å². The third-order valence-electron chi connectivity index (χ3n) is 9.93. The number of hydrogen-bond donors (Lipinski definition) is 0. The molecule has 0 unspecified atom stereocenters. The summed E-state index contributed by atoms with van der Waals surface area (Å²) in [5, 5.41) is 9.80. The second-order valence-electron chi connectivity index (χ2n) is 13.5. The summed E-state index contributed by atoms with van der Waals surface area (Å²) >= 11 is 0. The summed E-state index contributed by atoms with van der Waals surface area (Å²) in [6.45, 7) is 16.7. The Morgan fingerprint density at radius 3 is 1.27 bits per heavy atom. The molecule has 0 radical (unpaired) electrons. The van der Waals surface area contributed by atoms with Crippen molar-refractivity contribution in [3.63, 3.8) is 0 Å². The summed E-state index contributed by atoms with van der Waals surface area (Å²) in [5.41, 5.74) is 0.635. The van der Waals surface area contributed by atoms with Gasteiger partial charge < -0.3 is 18.6 Å². The number of rotatable bonds is 2. The van der Waals surface area contributed by atoms with Gasteiger partial charge >= 0.3 is 14.2 Å². The average molecular weight is 530 g/mol. The Kier molecular flexibility index (Phi) is 5.42. The highest BCUT2D eigenvalue weighted by Crippen LogP contribution is 2.39. The minimum absolute atomic E-state index is 0.361. The lowest BCUT2D eigenvalue weighted by Crippen LogP contribution is -2.41. The van der Waals surface area contributed by atoms with E-state index in [1.807, 2.05) is 0 Å². The summed E-state index contributed by atoms with van der Waals surface area (Å²) in [7, 11) is -0.751. The highest BCUT2D eigenvalue weighted by Gasteiger charge is 2.52. The molecule has 2 fully saturated rings. The smallest absolute Gasteiger partial charge is 0.399 e. The molecule has 0 saturated carbocycles. The maximum Gasteiger partial charge on any atom is 0.494 e. The van der Waals surface area contributed by atoms with E-state index in [1.165, 1.54) is 43.1 Å². The zero-order valence-electron chi connectivity index (χ0n) is 24.7. The summed E-state index contributed by atoms with van der Waals surface area (Å²) in [4.78, 5) is 0. The van der Waals surface area contributed by atoms with E-state index in [9.17, 15) is 0 Å². The Hall–Kier alpha value is -2.89. The Labute approximate surface area is 237 Å². The Morgan fingerprint density at radius 2 is 0.725 bits per heavy atom. The van der Waals surface area contributed by atoms with Crippen LogP contribution in [0.25, 0.3) is 43.1 Å². The zero-order chi connectivity index (χ0) is 28.2. The first-order valence-electron chi connectivity index (χ1n) is 14.3. The molecule has 40 heavy (non-hydrogen) atoms. The minimum atomic E-state index is -0.382. The molecule has 0 bridgehead atoms. The third-order valence-corrected chi connectivity index (χ3v) is 9.93. The summed E-state index contributed by atoms with van der Waals surface area (Å²) in [6, 6.07) is 26.6. The molecule has 2 saturated heterocycles. The van der Waals surface area contributed by atoms with Gasteiger partial charge in [0.05, 0.1) is 22.4 Å². The maximum atomic E-state index is 6.36. The minimum Gasteiger partial charge on any atom is -0.399 e. The fourth-order valence-electron chi connectivity index (χ4n) is 5.98. The van der Waals surface area contributed by atoms with Gasteiger partial charge in [0.2, 0.25) is 0 Å². The molecular formula is C34H36B2O4. The molecule has 6 heteroatoms. The van der Waals surface area contributed by atoms with Crippen LogP contribution in [-0.4, -0.2) is 36.6 Å². The summed E-state index contributed by atoms with van der Waals surface area (Å²) < 4.78 is 25.3. The molecule has 2 aliphatic rings. The van der Waals surface area contributed by atoms with Crippen molar-refractivity contribution in [1.82, 2.24) is 0 Å². The molecule has 0 N–H and O–H groups in total. The van der Waals surface area contributed by atoms with Crippen molar-refractivity contribution >= 4 is 68.3 Å². The topological polar surface area (TPSA) is 36.9 Å². The van der Waals surface area contributed by atoms with Gasteiger partial charge in [-0.15, -0.1) is 0 Å². The Bertz CT molecular complexity index is 1810. The zero-order valence-corrected chi connectivity index (χ0v) is 24.7. The molecule has 0 atom stereocenters. The molecule has 2 aliphatic heterocycles. The lowest BCUT2D eigenvalue weighted by atomic mass is 9.77. The summed E-state index contributed by atoms with van der Waals surface area (Å²) in [6.07, 6.45) is 0. The van der Waals surface area contributed by atoms with Gasteiger partial charge in [0.15, 0.2) is 0 Å². The van der Waals surface area contributed by atoms with Crippen molar-refractivity contribution in [2.45, 2.75) is 77.8 Å². The number of hydrogen-bond acceptors (Lipinski definition) is 4. The van der Waals surface area contributed by atoms with Crippen LogP contribution in [0.1, 0.15) is 55.4 Å². The van der Waals surface area contributed by atoms with E-state index in [1.54, 1.807) is 0 Å². The predicted octanol–water partition coefficient (Wildman–Crippen LogP) is 6.90. The second kappa shape index (κ2) is 8.33. The molecule has 4 nitrogen and oxygen atoms in total. The standard InChI is InChI=1S/C34H36B2O4/c1-31(2)32(3,4)38-35(37-31)23-13-16-25-22(19-23)11-15-27-26(25)17-18-29-28(27)14-10-21-9-12-24(20-30(21)29)36-39-33(5,6)34(7,8)40-36/h9-20H,1-8H3. The monoisotopic (exact) mass is 530 g/mol. The SMILES string of the molecule is CC1(C)OB(c2ccc3c(ccc4c3ccc3c5cc(B6OC(C)(C)C(C)(C)O6)ccc5ccc34)c2)OC1(C)C. The quantitative estimate of drug-likeness (QED) is 0.184. The van der Waals surface area contributed by atoms with Crippen LogP contribution in [0.5, 0.6) is 0 Å². The maximum absolute atomic E-state index is 6.36. The van der Waals surface area contributed by atoms with Crippen LogP contribution >= 0.6 is 0 Å². The van der Waals surface area contributed by atoms with Gasteiger partial charge in [-0.1, -0.05) is 72.8 Å². The van der Waals surface area contributed by atoms with Crippen molar-refractivity contribution in [2.75, 3.05) is 0 Å². The molecule has 2 heterocycles. The van der Waals surface area contributed by atoms with Gasteiger partial charge in [-0.2, -0.15) is 0 Å². The van der Waals surface area contributed by atoms with E-state index in [0.717, 1.165) is 10.9 Å². The van der Waals surface area contributed by atoms with Gasteiger partial charge in [-0.3, -0.25) is 0 Å². The van der Waals surface area contributed by atoms with Gasteiger partial charge in [0.25, 0.3) is 0 Å². The largest absolute Gasteiger partial charge is 0.494 e. The third kappa shape index (κ3) is 3.77. The van der Waals surface area contributed by atoms with Gasteiger partial charge in [0, 0.05) is 0 Å². The van der Waals surface area contributed by atoms with Crippen LogP contribution in [0.3, 0.4) is 0 Å². The van der Waals surface area contributed by atoms with Crippen LogP contribution < -0.4 is 10.9 Å². The van der Waals surface area contributed by atoms with E-state index in [0.29, 0.717) is 0 Å². The van der Waals surface area contributed by atoms with Crippen LogP contribution in [-0.2, 0) is 18.6 Å². The highest BCUT2D eigenvalue weighted by molar-refractivity contribution is 6.63. The van der Waals surface area contributed by atoms with Crippen LogP contribution in [0.4, 0.5) is 0 Å². The van der Waals surface area contributed by atoms with Crippen LogP contribution in [0.2, 0.25) is 0 Å². The van der Waals surface area contributed by atoms with Gasteiger partial charge in [0.1, 0.15) is 0 Å². The van der Waals surface area contributed by atoms with Gasteiger partial charge in [-0.05, 0) is 109 Å². The van der Waals surface area contributed by atoms with Gasteiger partial charge in [-0.25, -0.2) is 0 Å². The molecule has 0 amide bonds.